The van der Waals surface area contributed by atoms with Gasteiger partial charge < -0.3 is 20.1 Å². The second-order valence-electron chi connectivity index (χ2n) is 8.05. The van der Waals surface area contributed by atoms with Crippen LogP contribution in [0.25, 0.3) is 0 Å². The van der Waals surface area contributed by atoms with Crippen LogP contribution >= 0.6 is 0 Å². The van der Waals surface area contributed by atoms with Gasteiger partial charge in [-0.25, -0.2) is 4.79 Å². The van der Waals surface area contributed by atoms with Crippen LogP contribution in [0.5, 0.6) is 0 Å². The highest BCUT2D eigenvalue weighted by Gasteiger charge is 2.43. The van der Waals surface area contributed by atoms with E-state index in [1.54, 1.807) is 6.20 Å². The van der Waals surface area contributed by atoms with Gasteiger partial charge in [0.1, 0.15) is 12.2 Å². The average Bonchev–Trinajstić information content (AvgIpc) is 3.37. The fourth-order valence-corrected chi connectivity index (χ4v) is 4.45. The number of rotatable bonds is 6. The van der Waals surface area contributed by atoms with Gasteiger partial charge in [0.25, 0.3) is 5.56 Å². The van der Waals surface area contributed by atoms with Crippen LogP contribution in [0.1, 0.15) is 55.5 Å². The first kappa shape index (κ1) is 20.9. The highest BCUT2D eigenvalue weighted by atomic mass is 16.6. The van der Waals surface area contributed by atoms with Crippen LogP contribution in [0.2, 0.25) is 0 Å². The van der Waals surface area contributed by atoms with Gasteiger partial charge >= 0.3 is 5.69 Å². The van der Waals surface area contributed by atoms with Crippen molar-refractivity contribution in [3.05, 3.63) is 62.7 Å². The summed E-state index contributed by atoms with van der Waals surface area (Å²) in [6.45, 7) is -0.219. The van der Waals surface area contributed by atoms with E-state index in [0.717, 1.165) is 22.0 Å². The molecule has 162 valence electrons. The molecule has 3 heterocycles. The maximum atomic E-state index is 13.0. The summed E-state index contributed by atoms with van der Waals surface area (Å²) < 4.78 is 7.75. The second kappa shape index (κ2) is 8.81. The lowest BCUT2D eigenvalue weighted by Gasteiger charge is -2.19. The molecule has 2 aromatic heterocycles. The van der Waals surface area contributed by atoms with Crippen LogP contribution in [0.3, 0.4) is 0 Å². The van der Waals surface area contributed by atoms with Crippen molar-refractivity contribution in [2.45, 2.75) is 69.1 Å². The van der Waals surface area contributed by atoms with E-state index in [4.69, 9.17) is 9.84 Å². The Balaban J connectivity index is 1.62. The van der Waals surface area contributed by atoms with Crippen LogP contribution in [-0.2, 0) is 11.3 Å². The van der Waals surface area contributed by atoms with E-state index in [-0.39, 0.29) is 19.6 Å². The lowest BCUT2D eigenvalue weighted by Crippen LogP contribution is -2.43. The monoisotopic (exact) mass is 417 g/mol. The predicted molar refractivity (Wildman–Crippen MR) is 107 cm³/mol. The number of hydrogen-bond donors (Lipinski definition) is 3. The molecule has 3 N–H and O–H groups in total. The lowest BCUT2D eigenvalue weighted by molar-refractivity contribution is -0.0458. The molecular weight excluding hydrogens is 390 g/mol. The number of hydrogen-bond acceptors (Lipinski definition) is 7. The van der Waals surface area contributed by atoms with Crippen molar-refractivity contribution in [1.29, 1.82) is 0 Å². The third-order valence-corrected chi connectivity index (χ3v) is 6.11. The first-order valence-electron chi connectivity index (χ1n) is 10.4. The van der Waals surface area contributed by atoms with Crippen molar-refractivity contribution < 1.29 is 20.1 Å². The molecule has 0 amide bonds. The summed E-state index contributed by atoms with van der Waals surface area (Å²) in [6, 6.07) is 5.15. The zero-order valence-corrected chi connectivity index (χ0v) is 16.6. The summed E-state index contributed by atoms with van der Waals surface area (Å²) in [5.74, 6) is 0.489. The van der Waals surface area contributed by atoms with Gasteiger partial charge in [0.2, 0.25) is 0 Å². The van der Waals surface area contributed by atoms with Gasteiger partial charge in [0.15, 0.2) is 6.23 Å². The van der Waals surface area contributed by atoms with E-state index < -0.39 is 35.8 Å². The summed E-state index contributed by atoms with van der Waals surface area (Å²) in [6.07, 6.45) is 3.23. The van der Waals surface area contributed by atoms with Crippen molar-refractivity contribution in [3.8, 4) is 0 Å². The van der Waals surface area contributed by atoms with Crippen molar-refractivity contribution in [2.24, 2.45) is 0 Å². The van der Waals surface area contributed by atoms with Crippen molar-refractivity contribution in [2.75, 3.05) is 6.61 Å². The third kappa shape index (κ3) is 3.98. The molecule has 30 heavy (non-hydrogen) atoms. The van der Waals surface area contributed by atoms with E-state index >= 15 is 0 Å². The Kier molecular flexibility index (Phi) is 6.14. The molecule has 4 atom stereocenters. The minimum atomic E-state index is -1.35. The molecule has 0 spiro atoms. The van der Waals surface area contributed by atoms with Gasteiger partial charge in [0, 0.05) is 25.1 Å². The molecule has 0 radical (unpaired) electrons. The summed E-state index contributed by atoms with van der Waals surface area (Å²) in [5, 5.41) is 29.5. The van der Waals surface area contributed by atoms with E-state index in [0.29, 0.717) is 11.6 Å². The number of pyridine rings is 1. The molecule has 2 aromatic rings. The lowest BCUT2D eigenvalue weighted by atomic mass is 9.98. The molecule has 2 aliphatic rings. The molecule has 4 rings (SSSR count). The topological polar surface area (TPSA) is 127 Å². The van der Waals surface area contributed by atoms with Crippen LogP contribution in [0, 0.1) is 0 Å². The molecule has 1 aliphatic heterocycles. The number of ether oxygens (including phenoxy) is 1. The van der Waals surface area contributed by atoms with Gasteiger partial charge in [-0.1, -0.05) is 12.8 Å². The highest BCUT2D eigenvalue weighted by molar-refractivity contribution is 5.22. The van der Waals surface area contributed by atoms with Crippen LogP contribution in [-0.4, -0.2) is 54.4 Å². The Morgan fingerprint density at radius 1 is 1.13 bits per heavy atom. The summed E-state index contributed by atoms with van der Waals surface area (Å²) >= 11 is 0. The molecule has 9 heteroatoms. The van der Waals surface area contributed by atoms with Crippen molar-refractivity contribution in [3.63, 3.8) is 0 Å². The standard InChI is InChI=1S/C21H27N3O6/c25-10-7-16-18(27)19(28)20(30-16)23-9-6-17(26)24(21(23)29)12-15-11-14(5-8-22-15)13-3-1-2-4-13/h5-6,8-9,11,13,16,18-20,25,27-28H,1-4,7,10,12H2. The zero-order chi connectivity index (χ0) is 21.3. The fourth-order valence-electron chi connectivity index (χ4n) is 4.45. The molecule has 0 aromatic carbocycles. The average molecular weight is 417 g/mol. The minimum Gasteiger partial charge on any atom is -0.396 e. The van der Waals surface area contributed by atoms with Crippen molar-refractivity contribution >= 4 is 0 Å². The summed E-state index contributed by atoms with van der Waals surface area (Å²) in [5.41, 5.74) is 0.648. The number of aliphatic hydroxyl groups is 3. The quantitative estimate of drug-likeness (QED) is 0.609. The molecule has 1 saturated heterocycles. The van der Waals surface area contributed by atoms with Gasteiger partial charge in [-0.15, -0.1) is 0 Å². The number of aromatic nitrogens is 3. The summed E-state index contributed by atoms with van der Waals surface area (Å²) in [7, 11) is 0. The Labute approximate surface area is 173 Å². The smallest absolute Gasteiger partial charge is 0.333 e. The largest absolute Gasteiger partial charge is 0.396 e. The molecular formula is C21H27N3O6. The molecule has 1 saturated carbocycles. The van der Waals surface area contributed by atoms with E-state index in [1.165, 1.54) is 30.7 Å². The first-order valence-corrected chi connectivity index (χ1v) is 10.4. The maximum Gasteiger partial charge on any atom is 0.333 e. The fraction of sp³-hybridized carbons (Fsp3) is 0.571. The molecule has 2 fully saturated rings. The van der Waals surface area contributed by atoms with Crippen LogP contribution in [0.15, 0.2) is 40.2 Å². The Morgan fingerprint density at radius 3 is 2.63 bits per heavy atom. The molecule has 1 aliphatic carbocycles. The predicted octanol–water partition coefficient (Wildman–Crippen LogP) is 0.112. The van der Waals surface area contributed by atoms with Gasteiger partial charge in [0.05, 0.1) is 18.3 Å². The van der Waals surface area contributed by atoms with Gasteiger partial charge in [-0.2, -0.15) is 0 Å². The molecule has 9 nitrogen and oxygen atoms in total. The Morgan fingerprint density at radius 2 is 1.90 bits per heavy atom. The van der Waals surface area contributed by atoms with E-state index in [1.807, 2.05) is 12.1 Å². The summed E-state index contributed by atoms with van der Waals surface area (Å²) in [4.78, 5) is 29.7. The minimum absolute atomic E-state index is 0.00447. The van der Waals surface area contributed by atoms with E-state index in [2.05, 4.69) is 4.98 Å². The van der Waals surface area contributed by atoms with Crippen molar-refractivity contribution in [1.82, 2.24) is 14.1 Å². The van der Waals surface area contributed by atoms with Crippen LogP contribution < -0.4 is 11.2 Å². The SMILES string of the molecule is O=c1ccn(C2OC(CCO)C(O)C2O)c(=O)n1Cc1cc(C2CCCC2)ccn1. The van der Waals surface area contributed by atoms with Crippen LogP contribution in [0.4, 0.5) is 0 Å². The first-order chi connectivity index (χ1) is 14.5. The van der Waals surface area contributed by atoms with Gasteiger partial charge in [-0.05, 0) is 42.9 Å². The van der Waals surface area contributed by atoms with Gasteiger partial charge in [-0.3, -0.25) is 18.9 Å². The molecule has 4 unspecified atom stereocenters. The normalized spacial score (nSPS) is 27.0. The third-order valence-electron chi connectivity index (χ3n) is 6.11. The number of nitrogens with zero attached hydrogens (tertiary/aromatic N) is 3. The Hall–Kier alpha value is -2.33. The zero-order valence-electron chi connectivity index (χ0n) is 16.6. The Bertz CT molecular complexity index is 997. The number of aliphatic hydroxyl groups excluding tert-OH is 3. The second-order valence-corrected chi connectivity index (χ2v) is 8.05. The highest BCUT2D eigenvalue weighted by Crippen LogP contribution is 2.34. The van der Waals surface area contributed by atoms with E-state index in [9.17, 15) is 19.8 Å². The maximum absolute atomic E-state index is 13.0. The molecule has 0 bridgehead atoms.